The highest BCUT2D eigenvalue weighted by atomic mass is 32.2. The minimum Gasteiger partial charge on any atom is -0.325 e. The summed E-state index contributed by atoms with van der Waals surface area (Å²) in [5, 5.41) is 2.45. The van der Waals surface area contributed by atoms with Crippen LogP contribution >= 0.6 is 11.8 Å². The summed E-state index contributed by atoms with van der Waals surface area (Å²) >= 11 is 1.07. The number of anilines is 1. The van der Waals surface area contributed by atoms with E-state index in [0.717, 1.165) is 34.6 Å². The highest BCUT2D eigenvalue weighted by Crippen LogP contribution is 2.30. The molecule has 2 rings (SSSR count). The van der Waals surface area contributed by atoms with Crippen LogP contribution in [0.5, 0.6) is 0 Å². The van der Waals surface area contributed by atoms with Crippen LogP contribution in [-0.4, -0.2) is 11.2 Å². The third-order valence-corrected chi connectivity index (χ3v) is 4.89. The van der Waals surface area contributed by atoms with Crippen LogP contribution in [0.25, 0.3) is 0 Å². The zero-order valence-corrected chi connectivity index (χ0v) is 15.0. The normalized spacial score (nSPS) is 12.3. The van der Waals surface area contributed by atoms with Crippen LogP contribution in [0.3, 0.4) is 0 Å². The molecule has 2 aromatic rings. The smallest absolute Gasteiger partial charge is 0.237 e. The fourth-order valence-corrected chi connectivity index (χ4v) is 3.25. The van der Waals surface area contributed by atoms with Gasteiger partial charge in [0.05, 0.1) is 5.25 Å². The third kappa shape index (κ3) is 4.35. The van der Waals surface area contributed by atoms with E-state index in [4.69, 9.17) is 0 Å². The number of thioether (sulfide) groups is 1. The van der Waals surface area contributed by atoms with Crippen LogP contribution in [0.2, 0.25) is 0 Å². The Morgan fingerprint density at radius 2 is 1.83 bits per heavy atom. The maximum absolute atomic E-state index is 13.7. The van der Waals surface area contributed by atoms with Gasteiger partial charge >= 0.3 is 0 Å². The van der Waals surface area contributed by atoms with Gasteiger partial charge in [-0.2, -0.15) is 0 Å². The Morgan fingerprint density at radius 3 is 2.46 bits per heavy atom. The fraction of sp³-hybridized carbons (Fsp3) is 0.316. The van der Waals surface area contributed by atoms with Crippen LogP contribution < -0.4 is 5.32 Å². The van der Waals surface area contributed by atoms with E-state index >= 15 is 0 Å². The number of benzene rings is 2. The second-order valence-electron chi connectivity index (χ2n) is 6.02. The van der Waals surface area contributed by atoms with Crippen LogP contribution in [0.15, 0.2) is 41.3 Å². The van der Waals surface area contributed by atoms with Gasteiger partial charge in [-0.25, -0.2) is 8.78 Å². The molecular formula is C19H21F2NOS. The predicted octanol–water partition coefficient (Wildman–Crippen LogP) is 5.52. The van der Waals surface area contributed by atoms with Gasteiger partial charge in [-0.1, -0.05) is 32.0 Å². The first-order valence-corrected chi connectivity index (χ1v) is 8.69. The molecule has 2 nitrogen and oxygen atoms in total. The van der Waals surface area contributed by atoms with Crippen molar-refractivity contribution in [2.75, 3.05) is 5.32 Å². The molecule has 0 bridgehead atoms. The summed E-state index contributed by atoms with van der Waals surface area (Å²) < 4.78 is 26.7. The highest BCUT2D eigenvalue weighted by Gasteiger charge is 2.19. The summed E-state index contributed by atoms with van der Waals surface area (Å²) in [5.41, 5.74) is 2.86. The molecule has 1 amide bonds. The number of amides is 1. The van der Waals surface area contributed by atoms with Crippen LogP contribution in [0, 0.1) is 18.6 Å². The Kier molecular flexibility index (Phi) is 5.99. The van der Waals surface area contributed by atoms with Crippen molar-refractivity contribution in [3.8, 4) is 0 Å². The highest BCUT2D eigenvalue weighted by molar-refractivity contribution is 8.00. The van der Waals surface area contributed by atoms with Gasteiger partial charge in [0.1, 0.15) is 11.6 Å². The monoisotopic (exact) mass is 349 g/mol. The molecule has 0 fully saturated rings. The molecule has 5 heteroatoms. The topological polar surface area (TPSA) is 29.1 Å². The summed E-state index contributed by atoms with van der Waals surface area (Å²) in [6.45, 7) is 7.78. The lowest BCUT2D eigenvalue weighted by Crippen LogP contribution is -2.24. The zero-order valence-electron chi connectivity index (χ0n) is 14.2. The Hall–Kier alpha value is -1.88. The van der Waals surface area contributed by atoms with Crippen molar-refractivity contribution in [2.45, 2.75) is 43.8 Å². The van der Waals surface area contributed by atoms with E-state index in [1.54, 1.807) is 6.92 Å². The molecule has 0 heterocycles. The van der Waals surface area contributed by atoms with Gasteiger partial charge in [0.15, 0.2) is 0 Å². The average Bonchev–Trinajstić information content (AvgIpc) is 2.51. The Bertz CT molecular complexity index is 746. The van der Waals surface area contributed by atoms with Crippen molar-refractivity contribution in [3.63, 3.8) is 0 Å². The van der Waals surface area contributed by atoms with Gasteiger partial charge in [0.2, 0.25) is 5.91 Å². The van der Waals surface area contributed by atoms with Crippen molar-refractivity contribution in [1.82, 2.24) is 0 Å². The summed E-state index contributed by atoms with van der Waals surface area (Å²) in [6, 6.07) is 9.27. The number of aryl methyl sites for hydroxylation is 1. The second-order valence-corrected chi connectivity index (χ2v) is 7.40. The number of nitrogens with one attached hydrogen (secondary N) is 1. The predicted molar refractivity (Wildman–Crippen MR) is 95.6 cm³/mol. The van der Waals surface area contributed by atoms with Gasteiger partial charge in [0, 0.05) is 16.6 Å². The van der Waals surface area contributed by atoms with Crippen molar-refractivity contribution in [3.05, 3.63) is 59.2 Å². The van der Waals surface area contributed by atoms with Crippen LogP contribution in [0.4, 0.5) is 14.5 Å². The number of halogens is 2. The van der Waals surface area contributed by atoms with E-state index in [1.165, 1.54) is 12.1 Å². The van der Waals surface area contributed by atoms with Gasteiger partial charge in [-0.05, 0) is 43.0 Å². The minimum atomic E-state index is -0.654. The number of carbonyl (C=O) groups excluding carboxylic acids is 1. The van der Waals surface area contributed by atoms with Gasteiger partial charge < -0.3 is 5.32 Å². The lowest BCUT2D eigenvalue weighted by Gasteiger charge is -2.18. The molecule has 0 aliphatic carbocycles. The first-order chi connectivity index (χ1) is 11.3. The lowest BCUT2D eigenvalue weighted by atomic mass is 9.98. The molecule has 0 aromatic heterocycles. The molecule has 128 valence electrons. The third-order valence-electron chi connectivity index (χ3n) is 3.74. The Morgan fingerprint density at radius 1 is 1.12 bits per heavy atom. The summed E-state index contributed by atoms with van der Waals surface area (Å²) in [5.74, 6) is -1.22. The number of hydrogen-bond donors (Lipinski definition) is 1. The fourth-order valence-electron chi connectivity index (χ4n) is 2.38. The molecule has 0 radical (unpaired) electrons. The number of hydrogen-bond acceptors (Lipinski definition) is 2. The zero-order chi connectivity index (χ0) is 17.9. The molecule has 1 atom stereocenters. The summed E-state index contributed by atoms with van der Waals surface area (Å²) in [7, 11) is 0. The minimum absolute atomic E-state index is 0.208. The summed E-state index contributed by atoms with van der Waals surface area (Å²) in [6.07, 6.45) is 0. The largest absolute Gasteiger partial charge is 0.325 e. The molecule has 0 aliphatic rings. The number of para-hydroxylation sites is 1. The quantitative estimate of drug-likeness (QED) is 0.721. The van der Waals surface area contributed by atoms with Crippen molar-refractivity contribution in [1.29, 1.82) is 0 Å². The molecule has 0 saturated carbocycles. The molecule has 0 spiro atoms. The van der Waals surface area contributed by atoms with E-state index < -0.39 is 16.9 Å². The summed E-state index contributed by atoms with van der Waals surface area (Å²) in [4.78, 5) is 12.8. The molecular weight excluding hydrogens is 328 g/mol. The van der Waals surface area contributed by atoms with E-state index in [9.17, 15) is 13.6 Å². The average molecular weight is 349 g/mol. The maximum Gasteiger partial charge on any atom is 0.237 e. The number of carbonyl (C=O) groups is 1. The van der Waals surface area contributed by atoms with Crippen LogP contribution in [0.1, 0.15) is 37.8 Å². The molecule has 0 aliphatic heterocycles. The molecule has 24 heavy (non-hydrogen) atoms. The Labute approximate surface area is 145 Å². The van der Waals surface area contributed by atoms with Crippen molar-refractivity contribution < 1.29 is 13.6 Å². The maximum atomic E-state index is 13.7. The van der Waals surface area contributed by atoms with Crippen molar-refractivity contribution in [2.24, 2.45) is 0 Å². The number of rotatable bonds is 5. The van der Waals surface area contributed by atoms with Gasteiger partial charge in [-0.15, -0.1) is 11.8 Å². The first-order valence-electron chi connectivity index (χ1n) is 7.81. The first kappa shape index (κ1) is 18.5. The van der Waals surface area contributed by atoms with E-state index in [1.807, 2.05) is 25.1 Å². The van der Waals surface area contributed by atoms with Gasteiger partial charge in [0.25, 0.3) is 0 Å². The van der Waals surface area contributed by atoms with Gasteiger partial charge in [-0.3, -0.25) is 4.79 Å². The molecule has 0 unspecified atom stereocenters. The molecule has 2 aromatic carbocycles. The SMILES string of the molecule is Cc1cccc(C(C)C)c1NC(=O)[C@H](C)Sc1ccc(F)cc1F. The molecule has 0 saturated heterocycles. The standard InChI is InChI=1S/C19H21F2NOS/c1-11(2)15-7-5-6-12(3)18(15)22-19(23)13(4)24-17-9-8-14(20)10-16(17)21/h5-11,13H,1-4H3,(H,22,23)/t13-/m0/s1. The second kappa shape index (κ2) is 7.79. The van der Waals surface area contributed by atoms with Crippen LogP contribution in [-0.2, 0) is 4.79 Å². The lowest BCUT2D eigenvalue weighted by molar-refractivity contribution is -0.115. The molecule has 1 N–H and O–H groups in total. The Balaban J connectivity index is 2.15. The van der Waals surface area contributed by atoms with Crippen molar-refractivity contribution >= 4 is 23.4 Å². The van der Waals surface area contributed by atoms with E-state index in [2.05, 4.69) is 19.2 Å². The van der Waals surface area contributed by atoms with E-state index in [-0.39, 0.29) is 16.7 Å². The van der Waals surface area contributed by atoms with E-state index in [0.29, 0.717) is 0 Å².